The van der Waals surface area contributed by atoms with Gasteiger partial charge in [-0.05, 0) is 31.0 Å². The van der Waals surface area contributed by atoms with Crippen LogP contribution in [0.3, 0.4) is 0 Å². The van der Waals surface area contributed by atoms with Gasteiger partial charge in [0, 0.05) is 5.56 Å². The molecule has 0 spiro atoms. The van der Waals surface area contributed by atoms with E-state index in [4.69, 9.17) is 11.6 Å². The molecule has 1 aromatic carbocycles. The number of rotatable bonds is 2. The van der Waals surface area contributed by atoms with Crippen LogP contribution >= 0.6 is 11.6 Å². The molecule has 0 bridgehead atoms. The van der Waals surface area contributed by atoms with Crippen molar-refractivity contribution >= 4 is 17.5 Å². The fourth-order valence-electron chi connectivity index (χ4n) is 2.18. The van der Waals surface area contributed by atoms with Gasteiger partial charge in [0.15, 0.2) is 0 Å². The Balaban J connectivity index is 2.04. The van der Waals surface area contributed by atoms with Crippen molar-refractivity contribution in [3.63, 3.8) is 0 Å². The van der Waals surface area contributed by atoms with Crippen molar-refractivity contribution < 1.29 is 15.0 Å². The summed E-state index contributed by atoms with van der Waals surface area (Å²) >= 11 is 5.75. The average molecular weight is 270 g/mol. The van der Waals surface area contributed by atoms with E-state index >= 15 is 0 Å². The Hall–Kier alpha value is -1.26. The predicted octanol–water partition coefficient (Wildman–Crippen LogP) is 2.08. The van der Waals surface area contributed by atoms with Crippen LogP contribution in [0.2, 0.25) is 5.02 Å². The molecule has 4 nitrogen and oxygen atoms in total. The van der Waals surface area contributed by atoms with E-state index in [2.05, 4.69) is 5.32 Å². The van der Waals surface area contributed by atoms with Crippen LogP contribution < -0.4 is 5.32 Å². The van der Waals surface area contributed by atoms with E-state index in [1.807, 2.05) is 0 Å². The number of benzene rings is 1. The standard InChI is InChI=1S/C13H16ClNO3/c14-9-7-8(5-6-11(9)16)13(18)15-10-3-1-2-4-12(10)17/h5-7,10,12,16-17H,1-4H2,(H,15,18)/t10-,12-/m1/s1. The first-order valence-corrected chi connectivity index (χ1v) is 6.43. The Morgan fingerprint density at radius 1 is 1.33 bits per heavy atom. The fraction of sp³-hybridized carbons (Fsp3) is 0.462. The molecule has 0 aliphatic heterocycles. The number of carbonyl (C=O) groups is 1. The van der Waals surface area contributed by atoms with Gasteiger partial charge in [-0.1, -0.05) is 24.4 Å². The summed E-state index contributed by atoms with van der Waals surface area (Å²) in [5, 5.41) is 22.0. The van der Waals surface area contributed by atoms with Crippen molar-refractivity contribution in [2.75, 3.05) is 0 Å². The van der Waals surface area contributed by atoms with E-state index < -0.39 is 6.10 Å². The number of phenolic OH excluding ortho intramolecular Hbond substituents is 1. The Kier molecular flexibility index (Phi) is 4.09. The molecular weight excluding hydrogens is 254 g/mol. The summed E-state index contributed by atoms with van der Waals surface area (Å²) in [7, 11) is 0. The van der Waals surface area contributed by atoms with Crippen molar-refractivity contribution in [2.45, 2.75) is 37.8 Å². The maximum absolute atomic E-state index is 12.0. The molecule has 0 saturated heterocycles. The zero-order chi connectivity index (χ0) is 13.1. The highest BCUT2D eigenvalue weighted by molar-refractivity contribution is 6.32. The van der Waals surface area contributed by atoms with Crippen molar-refractivity contribution in [1.29, 1.82) is 0 Å². The normalized spacial score (nSPS) is 23.7. The summed E-state index contributed by atoms with van der Waals surface area (Å²) in [6.07, 6.45) is 3.05. The molecule has 98 valence electrons. The smallest absolute Gasteiger partial charge is 0.251 e. The third kappa shape index (κ3) is 2.94. The topological polar surface area (TPSA) is 69.6 Å². The average Bonchev–Trinajstić information content (AvgIpc) is 2.35. The first-order valence-electron chi connectivity index (χ1n) is 6.05. The van der Waals surface area contributed by atoms with Crippen molar-refractivity contribution in [1.82, 2.24) is 5.32 Å². The summed E-state index contributed by atoms with van der Waals surface area (Å²) in [4.78, 5) is 12.0. The molecule has 1 aliphatic rings. The lowest BCUT2D eigenvalue weighted by Crippen LogP contribution is -2.45. The number of nitrogens with one attached hydrogen (secondary N) is 1. The number of hydrogen-bond acceptors (Lipinski definition) is 3. The van der Waals surface area contributed by atoms with Gasteiger partial charge in [0.1, 0.15) is 5.75 Å². The Morgan fingerprint density at radius 2 is 2.06 bits per heavy atom. The molecule has 2 rings (SSSR count). The third-order valence-electron chi connectivity index (χ3n) is 3.26. The summed E-state index contributed by atoms with van der Waals surface area (Å²) in [6.45, 7) is 0. The number of halogens is 1. The molecule has 0 unspecified atom stereocenters. The molecule has 0 heterocycles. The number of aliphatic hydroxyl groups is 1. The Morgan fingerprint density at radius 3 is 2.72 bits per heavy atom. The molecule has 1 aliphatic carbocycles. The van der Waals surface area contributed by atoms with Gasteiger partial charge in [-0.3, -0.25) is 4.79 Å². The molecular formula is C13H16ClNO3. The van der Waals surface area contributed by atoms with Crippen LogP contribution in [-0.2, 0) is 0 Å². The fourth-order valence-corrected chi connectivity index (χ4v) is 2.36. The molecule has 2 atom stereocenters. The summed E-state index contributed by atoms with van der Waals surface area (Å²) in [6, 6.07) is 4.11. The van der Waals surface area contributed by atoms with E-state index in [9.17, 15) is 15.0 Å². The number of aliphatic hydroxyl groups excluding tert-OH is 1. The second-order valence-corrected chi connectivity index (χ2v) is 5.01. The van der Waals surface area contributed by atoms with Crippen LogP contribution in [0, 0.1) is 0 Å². The second-order valence-electron chi connectivity index (χ2n) is 4.60. The molecule has 0 aromatic heterocycles. The number of amides is 1. The van der Waals surface area contributed by atoms with E-state index in [-0.39, 0.29) is 22.7 Å². The minimum Gasteiger partial charge on any atom is -0.506 e. The van der Waals surface area contributed by atoms with Gasteiger partial charge in [-0.25, -0.2) is 0 Å². The van der Waals surface area contributed by atoms with Gasteiger partial charge < -0.3 is 15.5 Å². The van der Waals surface area contributed by atoms with Gasteiger partial charge in [-0.2, -0.15) is 0 Å². The summed E-state index contributed by atoms with van der Waals surface area (Å²) < 4.78 is 0. The molecule has 1 amide bonds. The van der Waals surface area contributed by atoms with Crippen LogP contribution in [-0.4, -0.2) is 28.3 Å². The second kappa shape index (κ2) is 5.59. The van der Waals surface area contributed by atoms with Crippen LogP contribution in [0.4, 0.5) is 0 Å². The van der Waals surface area contributed by atoms with Gasteiger partial charge in [0.05, 0.1) is 17.2 Å². The number of phenols is 1. The van der Waals surface area contributed by atoms with Crippen molar-refractivity contribution in [3.05, 3.63) is 28.8 Å². The highest BCUT2D eigenvalue weighted by atomic mass is 35.5. The van der Waals surface area contributed by atoms with Crippen molar-refractivity contribution in [2.24, 2.45) is 0 Å². The minimum atomic E-state index is -0.477. The van der Waals surface area contributed by atoms with E-state index in [0.717, 1.165) is 25.7 Å². The Bertz CT molecular complexity index is 450. The summed E-state index contributed by atoms with van der Waals surface area (Å²) in [5.41, 5.74) is 0.385. The lowest BCUT2D eigenvalue weighted by Gasteiger charge is -2.28. The van der Waals surface area contributed by atoms with Crippen LogP contribution in [0.1, 0.15) is 36.0 Å². The predicted molar refractivity (Wildman–Crippen MR) is 68.8 cm³/mol. The molecule has 0 radical (unpaired) electrons. The SMILES string of the molecule is O=C(N[C@@H]1CCCC[C@H]1O)c1ccc(O)c(Cl)c1. The minimum absolute atomic E-state index is 0.0501. The molecule has 1 saturated carbocycles. The Labute approximate surface area is 111 Å². The van der Waals surface area contributed by atoms with E-state index in [1.54, 1.807) is 0 Å². The van der Waals surface area contributed by atoms with E-state index in [0.29, 0.717) is 5.56 Å². The quantitative estimate of drug-likeness (QED) is 0.770. The van der Waals surface area contributed by atoms with Crippen LogP contribution in [0.15, 0.2) is 18.2 Å². The van der Waals surface area contributed by atoms with Gasteiger partial charge in [0.25, 0.3) is 5.91 Å². The van der Waals surface area contributed by atoms with Gasteiger partial charge in [0.2, 0.25) is 0 Å². The van der Waals surface area contributed by atoms with E-state index in [1.165, 1.54) is 18.2 Å². The monoisotopic (exact) mass is 269 g/mol. The van der Waals surface area contributed by atoms with Crippen LogP contribution in [0.25, 0.3) is 0 Å². The van der Waals surface area contributed by atoms with Gasteiger partial charge in [-0.15, -0.1) is 0 Å². The maximum Gasteiger partial charge on any atom is 0.251 e. The molecule has 5 heteroatoms. The number of hydrogen-bond donors (Lipinski definition) is 3. The first kappa shape index (κ1) is 13.2. The summed E-state index contributed by atoms with van der Waals surface area (Å²) in [5.74, 6) is -0.325. The largest absolute Gasteiger partial charge is 0.506 e. The number of carbonyl (C=O) groups excluding carboxylic acids is 1. The molecule has 1 fully saturated rings. The first-order chi connectivity index (χ1) is 8.58. The van der Waals surface area contributed by atoms with Gasteiger partial charge >= 0.3 is 0 Å². The van der Waals surface area contributed by atoms with Crippen molar-refractivity contribution in [3.8, 4) is 5.75 Å². The lowest BCUT2D eigenvalue weighted by molar-refractivity contribution is 0.0717. The zero-order valence-corrected chi connectivity index (χ0v) is 10.7. The molecule has 1 aromatic rings. The number of aromatic hydroxyl groups is 1. The molecule has 18 heavy (non-hydrogen) atoms. The zero-order valence-electron chi connectivity index (χ0n) is 9.90. The molecule has 3 N–H and O–H groups in total. The van der Waals surface area contributed by atoms with Crippen LogP contribution in [0.5, 0.6) is 5.75 Å². The lowest BCUT2D eigenvalue weighted by atomic mass is 9.92. The maximum atomic E-state index is 12.0. The highest BCUT2D eigenvalue weighted by Gasteiger charge is 2.24. The highest BCUT2D eigenvalue weighted by Crippen LogP contribution is 2.24. The third-order valence-corrected chi connectivity index (χ3v) is 3.56.